The van der Waals surface area contributed by atoms with Gasteiger partial charge in [-0.3, -0.25) is 4.79 Å². The number of β-amino-alcohol motifs (C(OH)–C–C–N with tert-alkyl or cyclic N) is 1. The smallest absolute Gasteiger partial charge is 0.254 e. The quantitative estimate of drug-likeness (QED) is 0.387. The van der Waals surface area contributed by atoms with E-state index in [4.69, 9.17) is 21.7 Å². The molecule has 2 saturated heterocycles. The van der Waals surface area contributed by atoms with Gasteiger partial charge in [-0.1, -0.05) is 22.9 Å². The van der Waals surface area contributed by atoms with E-state index in [0.29, 0.717) is 49.7 Å². The number of benzene rings is 1. The molecule has 1 unspecified atom stereocenters. The second-order valence-electron chi connectivity index (χ2n) is 10.8. The first-order valence-corrected chi connectivity index (χ1v) is 13.8. The summed E-state index contributed by atoms with van der Waals surface area (Å²) < 4.78 is 3.66. The van der Waals surface area contributed by atoms with Gasteiger partial charge in [-0.05, 0) is 37.0 Å². The molecule has 0 radical (unpaired) electrons. The highest BCUT2D eigenvalue weighted by atomic mass is 35.5. The van der Waals surface area contributed by atoms with E-state index in [-0.39, 0.29) is 18.1 Å². The Labute approximate surface area is 230 Å². The summed E-state index contributed by atoms with van der Waals surface area (Å²) in [4.78, 5) is 25.2. The first kappa shape index (κ1) is 24.3. The van der Waals surface area contributed by atoms with Crippen LogP contribution in [0.1, 0.15) is 52.6 Å². The van der Waals surface area contributed by atoms with E-state index >= 15 is 0 Å². The number of hydrogen-bond acceptors (Lipinski definition) is 8. The van der Waals surface area contributed by atoms with Gasteiger partial charge < -0.3 is 19.8 Å². The molecule has 0 saturated carbocycles. The second-order valence-corrected chi connectivity index (χ2v) is 11.2. The van der Waals surface area contributed by atoms with Crippen molar-refractivity contribution in [1.29, 1.82) is 0 Å². The molecule has 7 rings (SSSR count). The van der Waals surface area contributed by atoms with Crippen LogP contribution >= 0.6 is 11.6 Å². The summed E-state index contributed by atoms with van der Waals surface area (Å²) in [6.07, 6.45) is 5.08. The third-order valence-electron chi connectivity index (χ3n) is 8.02. The van der Waals surface area contributed by atoms with Crippen molar-refractivity contribution in [3.63, 3.8) is 0 Å². The van der Waals surface area contributed by atoms with Gasteiger partial charge in [0.1, 0.15) is 11.6 Å². The number of aromatic nitrogens is 6. The van der Waals surface area contributed by atoms with Gasteiger partial charge in [0.25, 0.3) is 5.91 Å². The van der Waals surface area contributed by atoms with Gasteiger partial charge in [0.2, 0.25) is 0 Å². The van der Waals surface area contributed by atoms with E-state index in [1.807, 2.05) is 46.9 Å². The molecule has 3 aromatic heterocycles. The number of carbonyl (C=O) groups excluding carboxylic acids is 1. The van der Waals surface area contributed by atoms with Gasteiger partial charge in [0.15, 0.2) is 5.65 Å². The van der Waals surface area contributed by atoms with Crippen LogP contribution < -0.4 is 9.80 Å². The molecular formula is C27H30ClN9O2. The Bertz CT molecular complexity index is 1560. The second kappa shape index (κ2) is 9.49. The van der Waals surface area contributed by atoms with Gasteiger partial charge in [-0.15, -0.1) is 5.10 Å². The van der Waals surface area contributed by atoms with Crippen molar-refractivity contribution in [2.75, 3.05) is 43.0 Å². The van der Waals surface area contributed by atoms with E-state index in [9.17, 15) is 9.90 Å². The van der Waals surface area contributed by atoms with Crippen molar-refractivity contribution < 1.29 is 9.90 Å². The summed E-state index contributed by atoms with van der Waals surface area (Å²) in [7, 11) is 2.04. The number of carbonyl (C=O) groups is 1. The Morgan fingerprint density at radius 1 is 1.10 bits per heavy atom. The van der Waals surface area contributed by atoms with Gasteiger partial charge >= 0.3 is 0 Å². The molecule has 1 atom stereocenters. The molecule has 6 heterocycles. The first-order valence-electron chi connectivity index (χ1n) is 13.5. The standard InChI is InChI=1S/C27H30ClN9O2/c1-33-9-7-19-14-35(32-30-19)13-17-5-6-18(28)10-21(17)27(39)36-8-3-2-4-23(36)22-11-25-29-24(34-15-20(38)16-34)12-26(33)37(25)31-22/h5-6,10-12,14,20,23,38H,2-4,7-9,13,15-16H2,1H3. The van der Waals surface area contributed by atoms with E-state index in [1.165, 1.54) is 0 Å². The molecule has 3 aliphatic heterocycles. The minimum absolute atomic E-state index is 0.0535. The number of nitrogens with zero attached hydrogens (tertiary/aromatic N) is 9. The minimum Gasteiger partial charge on any atom is -0.389 e. The van der Waals surface area contributed by atoms with E-state index in [2.05, 4.69) is 20.1 Å². The monoisotopic (exact) mass is 547 g/mol. The lowest BCUT2D eigenvalue weighted by atomic mass is 9.97. The van der Waals surface area contributed by atoms with Crippen molar-refractivity contribution in [2.45, 2.75) is 44.4 Å². The van der Waals surface area contributed by atoms with Crippen LogP contribution in [0.4, 0.5) is 11.6 Å². The van der Waals surface area contributed by atoms with E-state index < -0.39 is 0 Å². The van der Waals surface area contributed by atoms with Crippen LogP contribution in [0.2, 0.25) is 5.02 Å². The third-order valence-corrected chi connectivity index (χ3v) is 8.26. The SMILES string of the molecule is CN1CCc2cn(nn2)Cc2ccc(Cl)cc2C(=O)N2CCCCC2c2cc3nc(N4CC(O)C4)cc1n3n2. The lowest BCUT2D eigenvalue weighted by Crippen LogP contribution is -2.51. The summed E-state index contributed by atoms with van der Waals surface area (Å²) in [5, 5.41) is 24.2. The summed E-state index contributed by atoms with van der Waals surface area (Å²) in [6, 6.07) is 9.35. The fourth-order valence-corrected chi connectivity index (χ4v) is 6.00. The predicted octanol–water partition coefficient (Wildman–Crippen LogP) is 2.56. The fraction of sp³-hybridized carbons (Fsp3) is 0.444. The van der Waals surface area contributed by atoms with Crippen LogP contribution in [0.5, 0.6) is 0 Å². The highest BCUT2D eigenvalue weighted by molar-refractivity contribution is 6.31. The zero-order valence-electron chi connectivity index (χ0n) is 21.7. The minimum atomic E-state index is -0.333. The lowest BCUT2D eigenvalue weighted by molar-refractivity contribution is 0.0604. The fourth-order valence-electron chi connectivity index (χ4n) is 5.83. The van der Waals surface area contributed by atoms with Crippen molar-refractivity contribution in [3.8, 4) is 0 Å². The van der Waals surface area contributed by atoms with Crippen LogP contribution in [0.3, 0.4) is 0 Å². The Morgan fingerprint density at radius 2 is 1.97 bits per heavy atom. The number of halogens is 1. The van der Waals surface area contributed by atoms with Gasteiger partial charge in [-0.25, -0.2) is 9.67 Å². The normalized spacial score (nSPS) is 20.3. The molecule has 0 spiro atoms. The number of aliphatic hydroxyl groups excluding tert-OH is 1. The van der Waals surface area contributed by atoms with Crippen LogP contribution in [-0.2, 0) is 13.0 Å². The van der Waals surface area contributed by atoms with Crippen molar-refractivity contribution in [3.05, 3.63) is 64.1 Å². The van der Waals surface area contributed by atoms with Gasteiger partial charge in [-0.2, -0.15) is 9.61 Å². The number of aliphatic hydroxyl groups is 1. The molecule has 4 aromatic rings. The number of anilines is 2. The van der Waals surface area contributed by atoms with E-state index in [0.717, 1.165) is 53.5 Å². The van der Waals surface area contributed by atoms with Crippen LogP contribution in [-0.4, -0.2) is 84.8 Å². The van der Waals surface area contributed by atoms with Crippen LogP contribution in [0.15, 0.2) is 36.5 Å². The average Bonchev–Trinajstić information content (AvgIpc) is 3.56. The number of piperidine rings is 1. The highest BCUT2D eigenvalue weighted by Gasteiger charge is 2.33. The molecule has 202 valence electrons. The van der Waals surface area contributed by atoms with Gasteiger partial charge in [0.05, 0.1) is 30.1 Å². The number of hydrogen-bond donors (Lipinski definition) is 1. The molecule has 11 nitrogen and oxygen atoms in total. The Hall–Kier alpha value is -3.70. The van der Waals surface area contributed by atoms with Crippen molar-refractivity contribution >= 4 is 34.8 Å². The summed E-state index contributed by atoms with van der Waals surface area (Å²) in [6.45, 7) is 2.90. The Balaban J connectivity index is 1.38. The maximum atomic E-state index is 14.1. The molecule has 1 amide bonds. The first-order chi connectivity index (χ1) is 18.9. The molecule has 3 aliphatic rings. The molecule has 2 fully saturated rings. The van der Waals surface area contributed by atoms with E-state index in [1.54, 1.807) is 10.7 Å². The predicted molar refractivity (Wildman–Crippen MR) is 146 cm³/mol. The molecule has 1 N–H and O–H groups in total. The van der Waals surface area contributed by atoms with Crippen molar-refractivity contribution in [2.24, 2.45) is 0 Å². The zero-order valence-corrected chi connectivity index (χ0v) is 22.5. The molecule has 12 heteroatoms. The Kier molecular flexibility index (Phi) is 5.93. The number of amides is 1. The molecule has 4 bridgehead atoms. The highest BCUT2D eigenvalue weighted by Crippen LogP contribution is 2.35. The topological polar surface area (TPSA) is 108 Å². The molecule has 1 aromatic carbocycles. The molecular weight excluding hydrogens is 518 g/mol. The molecule has 0 aliphatic carbocycles. The largest absolute Gasteiger partial charge is 0.389 e. The maximum Gasteiger partial charge on any atom is 0.254 e. The van der Waals surface area contributed by atoms with Crippen LogP contribution in [0, 0.1) is 0 Å². The summed E-state index contributed by atoms with van der Waals surface area (Å²) >= 11 is 6.39. The summed E-state index contributed by atoms with van der Waals surface area (Å²) in [5.41, 5.74) is 3.86. The number of likely N-dealkylation sites (N-methyl/N-ethyl adjacent to an activating group) is 1. The number of rotatable bonds is 1. The van der Waals surface area contributed by atoms with Gasteiger partial charge in [0, 0.05) is 68.6 Å². The zero-order chi connectivity index (χ0) is 26.7. The molecule has 39 heavy (non-hydrogen) atoms. The number of fused-ring (bicyclic) bond motifs is 6. The lowest BCUT2D eigenvalue weighted by Gasteiger charge is -2.37. The van der Waals surface area contributed by atoms with Crippen molar-refractivity contribution in [1.82, 2.24) is 34.5 Å². The average molecular weight is 548 g/mol. The van der Waals surface area contributed by atoms with Crippen LogP contribution in [0.25, 0.3) is 5.65 Å². The third kappa shape index (κ3) is 4.39. The maximum absolute atomic E-state index is 14.1. The Morgan fingerprint density at radius 3 is 2.82 bits per heavy atom. The summed E-state index contributed by atoms with van der Waals surface area (Å²) in [5.74, 6) is 1.65.